The summed E-state index contributed by atoms with van der Waals surface area (Å²) >= 11 is 6.51. The molecule has 23 heavy (non-hydrogen) atoms. The number of fused-ring (bicyclic) bond motifs is 1. The molecule has 1 N–H and O–H groups in total. The Bertz CT molecular complexity index is 783. The quantitative estimate of drug-likeness (QED) is 0.860. The number of anilines is 1. The van der Waals surface area contributed by atoms with Crippen molar-refractivity contribution in [2.45, 2.75) is 33.6 Å². The average Bonchev–Trinajstić information content (AvgIpc) is 2.54. The maximum absolute atomic E-state index is 11.8. The first-order valence-corrected chi connectivity index (χ1v) is 8.14. The molecular weight excluding hydrogens is 312 g/mol. The van der Waals surface area contributed by atoms with Crippen LogP contribution in [-0.4, -0.2) is 10.5 Å². The largest absolute Gasteiger partial charge is 0.326 e. The summed E-state index contributed by atoms with van der Waals surface area (Å²) in [5.41, 5.74) is 4.18. The van der Waals surface area contributed by atoms with Gasteiger partial charge in [-0.2, -0.15) is 0 Å². The number of amides is 1. The third-order valence-corrected chi connectivity index (χ3v) is 4.22. The lowest BCUT2D eigenvalue weighted by Gasteiger charge is -2.20. The van der Waals surface area contributed by atoms with Crippen LogP contribution in [0.5, 0.6) is 0 Å². The zero-order valence-corrected chi connectivity index (χ0v) is 14.6. The predicted octanol–water partition coefficient (Wildman–Crippen LogP) is 3.93. The van der Waals surface area contributed by atoms with E-state index in [-0.39, 0.29) is 11.5 Å². The van der Waals surface area contributed by atoms with Crippen LogP contribution in [0.3, 0.4) is 0 Å². The molecule has 2 aromatic rings. The highest BCUT2D eigenvalue weighted by atomic mass is 35.5. The van der Waals surface area contributed by atoms with E-state index in [0.717, 1.165) is 22.4 Å². The lowest BCUT2D eigenvalue weighted by atomic mass is 9.97. The van der Waals surface area contributed by atoms with Crippen LogP contribution < -0.4 is 10.9 Å². The van der Waals surface area contributed by atoms with E-state index in [1.165, 1.54) is 0 Å². The number of rotatable bonds is 1. The molecule has 4 nitrogen and oxygen atoms in total. The smallest absolute Gasteiger partial charge is 0.253 e. The summed E-state index contributed by atoms with van der Waals surface area (Å²) in [6.45, 7) is 5.79. The van der Waals surface area contributed by atoms with Crippen LogP contribution in [-0.2, 0) is 18.3 Å². The molecule has 1 aliphatic rings. The zero-order valence-electron chi connectivity index (χ0n) is 13.9. The normalized spacial score (nSPS) is 12.8. The molecule has 0 radical (unpaired) electrons. The van der Waals surface area contributed by atoms with Crippen molar-refractivity contribution in [3.05, 3.63) is 50.9 Å². The Balaban J connectivity index is 0.000000924. The Labute approximate surface area is 141 Å². The van der Waals surface area contributed by atoms with E-state index < -0.39 is 0 Å². The van der Waals surface area contributed by atoms with Crippen LogP contribution in [0, 0.1) is 6.92 Å². The van der Waals surface area contributed by atoms with Gasteiger partial charge in [0.1, 0.15) is 0 Å². The first-order chi connectivity index (χ1) is 11.0. The summed E-state index contributed by atoms with van der Waals surface area (Å²) in [5.74, 6) is 0.0178. The minimum absolute atomic E-state index is 0.0138. The monoisotopic (exact) mass is 332 g/mol. The number of aromatic nitrogens is 1. The van der Waals surface area contributed by atoms with Crippen molar-refractivity contribution >= 4 is 23.2 Å². The first-order valence-electron chi connectivity index (χ1n) is 7.76. The van der Waals surface area contributed by atoms with Crippen LogP contribution in [0.2, 0.25) is 5.02 Å². The second-order valence-corrected chi connectivity index (χ2v) is 5.71. The molecule has 1 aromatic carbocycles. The molecule has 0 unspecified atom stereocenters. The van der Waals surface area contributed by atoms with Gasteiger partial charge in [-0.1, -0.05) is 31.5 Å². The number of hydrogen-bond acceptors (Lipinski definition) is 2. The van der Waals surface area contributed by atoms with Crippen molar-refractivity contribution in [1.82, 2.24) is 4.57 Å². The number of nitrogens with one attached hydrogen (secondary N) is 1. The molecule has 122 valence electrons. The molecular formula is C18H21ClN2O2. The first kappa shape index (κ1) is 17.3. The van der Waals surface area contributed by atoms with Gasteiger partial charge in [-0.3, -0.25) is 9.59 Å². The third kappa shape index (κ3) is 3.32. The van der Waals surface area contributed by atoms with Gasteiger partial charge in [-0.15, -0.1) is 0 Å². The lowest BCUT2D eigenvalue weighted by molar-refractivity contribution is -0.116. The SMILES string of the molecule is CC.Cc1cc(-c2ccc3c(c2Cl)CCC(=O)N3)cn(C)c1=O. The summed E-state index contributed by atoms with van der Waals surface area (Å²) in [6.07, 6.45) is 2.87. The highest BCUT2D eigenvalue weighted by Gasteiger charge is 2.20. The number of hydrogen-bond donors (Lipinski definition) is 1. The van der Waals surface area contributed by atoms with Crippen molar-refractivity contribution < 1.29 is 4.79 Å². The Kier molecular flexibility index (Phi) is 5.26. The van der Waals surface area contributed by atoms with E-state index in [4.69, 9.17) is 11.6 Å². The van der Waals surface area contributed by atoms with E-state index in [9.17, 15) is 9.59 Å². The van der Waals surface area contributed by atoms with E-state index >= 15 is 0 Å². The second kappa shape index (κ2) is 7.01. The number of aryl methyl sites for hydroxylation is 2. The number of nitrogens with zero attached hydrogens (tertiary/aromatic N) is 1. The van der Waals surface area contributed by atoms with Gasteiger partial charge in [0.2, 0.25) is 5.91 Å². The second-order valence-electron chi connectivity index (χ2n) is 5.33. The standard InChI is InChI=1S/C16H15ClN2O2.C2H6/c1-9-7-10(8-19(2)16(9)21)11-3-5-13-12(15(11)17)4-6-14(20)18-13;1-2/h3,5,7-8H,4,6H2,1-2H3,(H,18,20);1-2H3. The lowest BCUT2D eigenvalue weighted by Crippen LogP contribution is -2.20. The number of carbonyl (C=O) groups is 1. The number of halogens is 1. The fraction of sp³-hybridized carbons (Fsp3) is 0.333. The van der Waals surface area contributed by atoms with Gasteiger partial charge in [0, 0.05) is 36.5 Å². The summed E-state index contributed by atoms with van der Waals surface area (Å²) in [4.78, 5) is 23.2. The van der Waals surface area contributed by atoms with Crippen LogP contribution in [0.15, 0.2) is 29.2 Å². The van der Waals surface area contributed by atoms with Gasteiger partial charge in [-0.05, 0) is 36.6 Å². The minimum atomic E-state index is -0.0138. The molecule has 0 fully saturated rings. The molecule has 0 aliphatic carbocycles. The Morgan fingerprint density at radius 3 is 2.52 bits per heavy atom. The van der Waals surface area contributed by atoms with Crippen molar-refractivity contribution in [2.24, 2.45) is 7.05 Å². The van der Waals surface area contributed by atoms with Crippen molar-refractivity contribution in [3.63, 3.8) is 0 Å². The van der Waals surface area contributed by atoms with E-state index in [1.54, 1.807) is 24.7 Å². The Morgan fingerprint density at radius 2 is 1.87 bits per heavy atom. The maximum atomic E-state index is 11.8. The van der Waals surface area contributed by atoms with Gasteiger partial charge in [0.25, 0.3) is 5.56 Å². The summed E-state index contributed by atoms with van der Waals surface area (Å²) in [7, 11) is 1.73. The topological polar surface area (TPSA) is 51.1 Å². The molecule has 1 aromatic heterocycles. The molecule has 1 aliphatic heterocycles. The fourth-order valence-corrected chi connectivity index (χ4v) is 3.05. The number of carbonyl (C=O) groups excluding carboxylic acids is 1. The molecule has 5 heteroatoms. The van der Waals surface area contributed by atoms with Crippen LogP contribution in [0.25, 0.3) is 11.1 Å². The number of benzene rings is 1. The minimum Gasteiger partial charge on any atom is -0.326 e. The molecule has 3 rings (SSSR count). The van der Waals surface area contributed by atoms with Crippen molar-refractivity contribution in [3.8, 4) is 11.1 Å². The summed E-state index contributed by atoms with van der Waals surface area (Å²) < 4.78 is 1.56. The van der Waals surface area contributed by atoms with Gasteiger partial charge in [0.15, 0.2) is 0 Å². The van der Waals surface area contributed by atoms with E-state index in [0.29, 0.717) is 23.4 Å². The Morgan fingerprint density at radius 1 is 1.17 bits per heavy atom. The molecule has 1 amide bonds. The molecule has 0 saturated carbocycles. The predicted molar refractivity (Wildman–Crippen MR) is 95.2 cm³/mol. The summed E-state index contributed by atoms with van der Waals surface area (Å²) in [6, 6.07) is 5.59. The maximum Gasteiger partial charge on any atom is 0.253 e. The Hall–Kier alpha value is -2.07. The van der Waals surface area contributed by atoms with Crippen molar-refractivity contribution in [2.75, 3.05) is 5.32 Å². The molecule has 0 bridgehead atoms. The molecule has 0 spiro atoms. The van der Waals surface area contributed by atoms with Crippen LogP contribution >= 0.6 is 11.6 Å². The zero-order chi connectivity index (χ0) is 17.1. The third-order valence-electron chi connectivity index (χ3n) is 3.79. The average molecular weight is 333 g/mol. The summed E-state index contributed by atoms with van der Waals surface area (Å²) in [5, 5.41) is 3.48. The van der Waals surface area contributed by atoms with E-state index in [2.05, 4.69) is 5.32 Å². The van der Waals surface area contributed by atoms with Gasteiger partial charge < -0.3 is 9.88 Å². The van der Waals surface area contributed by atoms with Crippen LogP contribution in [0.1, 0.15) is 31.4 Å². The highest BCUT2D eigenvalue weighted by molar-refractivity contribution is 6.34. The molecule has 0 atom stereocenters. The van der Waals surface area contributed by atoms with Crippen molar-refractivity contribution in [1.29, 1.82) is 0 Å². The molecule has 2 heterocycles. The number of pyridine rings is 1. The fourth-order valence-electron chi connectivity index (χ4n) is 2.68. The van der Waals surface area contributed by atoms with Gasteiger partial charge >= 0.3 is 0 Å². The molecule has 0 saturated heterocycles. The highest BCUT2D eigenvalue weighted by Crippen LogP contribution is 2.37. The van der Waals surface area contributed by atoms with Crippen LogP contribution in [0.4, 0.5) is 5.69 Å². The van der Waals surface area contributed by atoms with Gasteiger partial charge in [0.05, 0.1) is 5.02 Å². The van der Waals surface area contributed by atoms with Gasteiger partial charge in [-0.25, -0.2) is 0 Å². The van der Waals surface area contributed by atoms with E-state index in [1.807, 2.05) is 32.0 Å².